The Bertz CT molecular complexity index is 125. The molecule has 1 fully saturated rings. The van der Waals surface area contributed by atoms with Gasteiger partial charge in [-0.2, -0.15) is 0 Å². The third-order valence-corrected chi connectivity index (χ3v) is 3.16. The average molecular weight is 200 g/mol. The summed E-state index contributed by atoms with van der Waals surface area (Å²) in [4.78, 5) is 0. The Morgan fingerprint density at radius 2 is 1.92 bits per heavy atom. The topological polar surface area (TPSA) is 0 Å². The van der Waals surface area contributed by atoms with E-state index in [0.29, 0.717) is 5.92 Å². The lowest BCUT2D eigenvalue weighted by atomic mass is 9.77. The van der Waals surface area contributed by atoms with Crippen LogP contribution in [0.15, 0.2) is 0 Å². The zero-order chi connectivity index (χ0) is 8.43. The highest BCUT2D eigenvalue weighted by Crippen LogP contribution is 2.41. The van der Waals surface area contributed by atoms with Crippen LogP contribution in [0.5, 0.6) is 0 Å². The molecule has 0 aliphatic heterocycles. The van der Waals surface area contributed by atoms with Crippen LogP contribution < -0.4 is 0 Å². The van der Waals surface area contributed by atoms with Crippen LogP contribution in [0.25, 0.3) is 0 Å². The van der Waals surface area contributed by atoms with Crippen LogP contribution in [0.4, 0.5) is 0 Å². The molecule has 0 aromatic carbocycles. The van der Waals surface area contributed by atoms with Crippen LogP contribution in [-0.4, -0.2) is 23.1 Å². The second kappa shape index (κ2) is 5.72. The van der Waals surface area contributed by atoms with Gasteiger partial charge >= 0.3 is 23.1 Å². The fourth-order valence-electron chi connectivity index (χ4n) is 1.90. The van der Waals surface area contributed by atoms with E-state index >= 15 is 0 Å². The molecular weight excluding hydrogens is 180 g/mol. The largest absolute Gasteiger partial charge is 0.316 e. The van der Waals surface area contributed by atoms with E-state index in [-0.39, 0.29) is 23.1 Å². The Morgan fingerprint density at radius 3 is 2.33 bits per heavy atom. The fraction of sp³-hybridized carbons (Fsp3) is 0.900. The quantitative estimate of drug-likeness (QED) is 0.571. The van der Waals surface area contributed by atoms with Crippen molar-refractivity contribution in [3.05, 3.63) is 5.38 Å². The number of hydrogen-bond acceptors (Lipinski definition) is 0. The molecule has 0 amide bonds. The zero-order valence-corrected chi connectivity index (χ0v) is 8.49. The van der Waals surface area contributed by atoms with Crippen LogP contribution >= 0.6 is 11.6 Å². The fourth-order valence-corrected chi connectivity index (χ4v) is 2.53. The lowest BCUT2D eigenvalue weighted by Gasteiger charge is -2.32. The second-order valence-corrected chi connectivity index (χ2v) is 4.67. The molecule has 1 aliphatic carbocycles. The first-order valence-electron chi connectivity index (χ1n) is 4.62. The van der Waals surface area contributed by atoms with Crippen molar-refractivity contribution in [3.63, 3.8) is 0 Å². The molecule has 0 nitrogen and oxygen atoms in total. The molecule has 69 valence electrons. The Balaban J connectivity index is 0.00000121. The van der Waals surface area contributed by atoms with Crippen molar-refractivity contribution in [1.82, 2.24) is 0 Å². The minimum Gasteiger partial charge on any atom is -0.117 e. The van der Waals surface area contributed by atoms with Crippen molar-refractivity contribution in [3.8, 4) is 0 Å². The molecule has 0 N–H and O–H groups in total. The van der Waals surface area contributed by atoms with Crippen molar-refractivity contribution < 1.29 is 0 Å². The number of rotatable bonds is 1. The Kier molecular flexibility index (Phi) is 6.22. The van der Waals surface area contributed by atoms with E-state index in [4.69, 9.17) is 11.6 Å². The normalized spacial score (nSPS) is 31.8. The predicted molar refractivity (Wildman–Crippen MR) is 59.0 cm³/mol. The van der Waals surface area contributed by atoms with E-state index in [0.717, 1.165) is 18.3 Å². The summed E-state index contributed by atoms with van der Waals surface area (Å²) in [6, 6.07) is 0. The summed E-state index contributed by atoms with van der Waals surface area (Å²) in [6.07, 6.45) is 3.81. The summed E-state index contributed by atoms with van der Waals surface area (Å²) in [6.45, 7) is 6.82. The van der Waals surface area contributed by atoms with Crippen LogP contribution in [0.1, 0.15) is 40.0 Å². The average Bonchev–Trinajstić information content (AvgIpc) is 1.85. The molecule has 1 radical (unpaired) electrons. The Hall–Kier alpha value is 1.06. The third-order valence-electron chi connectivity index (χ3n) is 2.72. The number of halogens is 1. The van der Waals surface area contributed by atoms with Gasteiger partial charge in [-0.05, 0) is 30.6 Å². The summed E-state index contributed by atoms with van der Waals surface area (Å²) in [7, 11) is 0. The first-order valence-corrected chi connectivity index (χ1v) is 5.00. The lowest BCUT2D eigenvalue weighted by Crippen LogP contribution is -2.22. The van der Waals surface area contributed by atoms with Gasteiger partial charge in [0.1, 0.15) is 0 Å². The molecular formula is C10H20ClMg. The van der Waals surface area contributed by atoms with Crippen LogP contribution in [0, 0.1) is 23.1 Å². The van der Waals surface area contributed by atoms with Gasteiger partial charge < -0.3 is 0 Å². The maximum absolute atomic E-state index is 6.19. The standard InChI is InChI=1S/C10H18Cl.Mg.2H/c1-7(2)9-5-4-8(3)6-10(9)11;;;/h7-9H,4-6H2,1-3H3;;;. The van der Waals surface area contributed by atoms with Crippen molar-refractivity contribution in [1.29, 1.82) is 0 Å². The highest BCUT2D eigenvalue weighted by atomic mass is 35.5. The lowest BCUT2D eigenvalue weighted by molar-refractivity contribution is 0.289. The van der Waals surface area contributed by atoms with E-state index in [9.17, 15) is 0 Å². The molecule has 1 saturated carbocycles. The Labute approximate surface area is 97.6 Å². The maximum atomic E-state index is 6.19. The highest BCUT2D eigenvalue weighted by molar-refractivity contribution is 6.27. The molecule has 0 bridgehead atoms. The molecule has 0 saturated heterocycles. The first-order chi connectivity index (χ1) is 5.11. The van der Waals surface area contributed by atoms with E-state index in [1.54, 1.807) is 0 Å². The number of hydrogen-bond donors (Lipinski definition) is 0. The van der Waals surface area contributed by atoms with Gasteiger partial charge in [-0.15, -0.1) is 11.6 Å². The van der Waals surface area contributed by atoms with Crippen molar-refractivity contribution in [2.75, 3.05) is 0 Å². The SMILES string of the molecule is CC1CCC(C(C)C)[C](Cl)C1.[MgH2]. The molecule has 2 heteroatoms. The molecule has 0 spiro atoms. The molecule has 2 atom stereocenters. The van der Waals surface area contributed by atoms with Gasteiger partial charge in [0.15, 0.2) is 0 Å². The van der Waals surface area contributed by atoms with Gasteiger partial charge in [0, 0.05) is 0 Å². The van der Waals surface area contributed by atoms with Gasteiger partial charge in [0.05, 0.1) is 5.38 Å². The molecule has 2 unspecified atom stereocenters. The van der Waals surface area contributed by atoms with Crippen molar-refractivity contribution in [2.45, 2.75) is 40.0 Å². The van der Waals surface area contributed by atoms with Crippen molar-refractivity contribution in [2.24, 2.45) is 17.8 Å². The molecule has 1 aliphatic rings. The van der Waals surface area contributed by atoms with E-state index in [1.165, 1.54) is 18.2 Å². The van der Waals surface area contributed by atoms with Gasteiger partial charge in [-0.1, -0.05) is 27.2 Å². The molecule has 0 heterocycles. The minimum atomic E-state index is 0. The molecule has 12 heavy (non-hydrogen) atoms. The smallest absolute Gasteiger partial charge is 0.117 e. The Morgan fingerprint density at radius 1 is 1.33 bits per heavy atom. The van der Waals surface area contributed by atoms with Crippen LogP contribution in [0.3, 0.4) is 0 Å². The second-order valence-electron chi connectivity index (χ2n) is 4.18. The minimum absolute atomic E-state index is 0. The van der Waals surface area contributed by atoms with E-state index < -0.39 is 0 Å². The van der Waals surface area contributed by atoms with Crippen molar-refractivity contribution >= 4 is 34.7 Å². The van der Waals surface area contributed by atoms with Crippen LogP contribution in [0.2, 0.25) is 0 Å². The zero-order valence-electron chi connectivity index (χ0n) is 7.73. The van der Waals surface area contributed by atoms with E-state index in [1.807, 2.05) is 0 Å². The summed E-state index contributed by atoms with van der Waals surface area (Å²) >= 11 is 6.19. The summed E-state index contributed by atoms with van der Waals surface area (Å²) < 4.78 is 0. The first kappa shape index (κ1) is 13.1. The summed E-state index contributed by atoms with van der Waals surface area (Å²) in [5.41, 5.74) is 0. The van der Waals surface area contributed by atoms with Gasteiger partial charge in [0.2, 0.25) is 0 Å². The van der Waals surface area contributed by atoms with Gasteiger partial charge in [0.25, 0.3) is 0 Å². The summed E-state index contributed by atoms with van der Waals surface area (Å²) in [5, 5.41) is 1.22. The predicted octanol–water partition coefficient (Wildman–Crippen LogP) is 2.93. The summed E-state index contributed by atoms with van der Waals surface area (Å²) in [5.74, 6) is 2.24. The van der Waals surface area contributed by atoms with Gasteiger partial charge in [-0.25, -0.2) is 0 Å². The van der Waals surface area contributed by atoms with E-state index in [2.05, 4.69) is 20.8 Å². The molecule has 0 aromatic heterocycles. The maximum Gasteiger partial charge on any atom is 0.316 e. The van der Waals surface area contributed by atoms with Crippen LogP contribution in [-0.2, 0) is 0 Å². The molecule has 0 aromatic rings. The van der Waals surface area contributed by atoms with Gasteiger partial charge in [-0.3, -0.25) is 0 Å². The highest BCUT2D eigenvalue weighted by Gasteiger charge is 2.29. The third kappa shape index (κ3) is 3.43. The monoisotopic (exact) mass is 199 g/mol. The molecule has 1 rings (SSSR count).